The molecule has 1 fully saturated rings. The summed E-state index contributed by atoms with van der Waals surface area (Å²) in [6.45, 7) is 0.419. The fourth-order valence-corrected chi connectivity index (χ4v) is 5.10. The van der Waals surface area contributed by atoms with Crippen LogP contribution in [0.4, 0.5) is 0 Å². The molecule has 5 nitrogen and oxygen atoms in total. The third-order valence-electron chi connectivity index (χ3n) is 3.83. The Labute approximate surface area is 135 Å². The van der Waals surface area contributed by atoms with Crippen LogP contribution in [0.2, 0.25) is 0 Å². The number of rotatable bonds is 6. The van der Waals surface area contributed by atoms with Crippen molar-refractivity contribution < 1.29 is 8.42 Å². The maximum atomic E-state index is 12.5. The monoisotopic (exact) mass is 345 g/mol. The van der Waals surface area contributed by atoms with Crippen LogP contribution in [0.5, 0.6) is 0 Å². The Hall–Kier alpha value is -0.700. The van der Waals surface area contributed by atoms with Gasteiger partial charge in [0.2, 0.25) is 10.0 Å². The van der Waals surface area contributed by atoms with Crippen molar-refractivity contribution in [2.45, 2.75) is 35.3 Å². The van der Waals surface area contributed by atoms with Crippen molar-refractivity contribution >= 4 is 39.0 Å². The van der Waals surface area contributed by atoms with Crippen LogP contribution in [0.1, 0.15) is 31.4 Å². The molecular formula is C13H19N3O2S3. The number of pyridine rings is 1. The minimum Gasteiger partial charge on any atom is -0.388 e. The first kappa shape index (κ1) is 16.7. The number of nitrogens with two attached hydrogens (primary N) is 1. The van der Waals surface area contributed by atoms with Crippen LogP contribution < -0.4 is 10.5 Å². The Morgan fingerprint density at radius 1 is 1.52 bits per heavy atom. The number of hydrogen-bond donors (Lipinski definition) is 2. The van der Waals surface area contributed by atoms with E-state index >= 15 is 0 Å². The van der Waals surface area contributed by atoms with E-state index in [0.29, 0.717) is 6.54 Å². The van der Waals surface area contributed by atoms with Crippen molar-refractivity contribution in [2.24, 2.45) is 5.73 Å². The Morgan fingerprint density at radius 3 is 2.76 bits per heavy atom. The molecule has 0 saturated heterocycles. The van der Waals surface area contributed by atoms with Crippen LogP contribution >= 0.6 is 24.0 Å². The predicted octanol–water partition coefficient (Wildman–Crippen LogP) is 1.67. The highest BCUT2D eigenvalue weighted by molar-refractivity contribution is 8.00. The number of aromatic nitrogens is 1. The van der Waals surface area contributed by atoms with E-state index in [4.69, 9.17) is 18.0 Å². The fraction of sp³-hybridized carbons (Fsp3) is 0.538. The van der Waals surface area contributed by atoms with Gasteiger partial charge >= 0.3 is 0 Å². The van der Waals surface area contributed by atoms with Crippen molar-refractivity contribution in [3.63, 3.8) is 0 Å². The normalized spacial score (nSPS) is 17.8. The molecule has 0 unspecified atom stereocenters. The summed E-state index contributed by atoms with van der Waals surface area (Å²) < 4.78 is 27.7. The molecule has 1 aliphatic rings. The van der Waals surface area contributed by atoms with Gasteiger partial charge in [-0.2, -0.15) is 11.8 Å². The quantitative estimate of drug-likeness (QED) is 0.763. The van der Waals surface area contributed by atoms with Crippen LogP contribution in [0.25, 0.3) is 0 Å². The molecule has 1 saturated carbocycles. The molecule has 1 aromatic heterocycles. The summed E-state index contributed by atoms with van der Waals surface area (Å²) in [5, 5.41) is 0. The van der Waals surface area contributed by atoms with Gasteiger partial charge in [-0.3, -0.25) is 4.98 Å². The van der Waals surface area contributed by atoms with E-state index in [2.05, 4.69) is 9.71 Å². The van der Waals surface area contributed by atoms with Gasteiger partial charge in [-0.15, -0.1) is 0 Å². The largest absolute Gasteiger partial charge is 0.388 e. The molecule has 1 heterocycles. The molecule has 2 rings (SSSR count). The lowest BCUT2D eigenvalue weighted by molar-refractivity contribution is 0.551. The van der Waals surface area contributed by atoms with Gasteiger partial charge in [-0.05, 0) is 31.2 Å². The first-order valence-electron chi connectivity index (χ1n) is 6.70. The summed E-state index contributed by atoms with van der Waals surface area (Å²) in [4.78, 5) is 4.00. The van der Waals surface area contributed by atoms with E-state index in [0.717, 1.165) is 25.7 Å². The number of sulfonamides is 1. The van der Waals surface area contributed by atoms with Gasteiger partial charge in [0.1, 0.15) is 15.6 Å². The number of hydrogen-bond acceptors (Lipinski definition) is 5. The Balaban J connectivity index is 2.21. The minimum atomic E-state index is -3.66. The average Bonchev–Trinajstić information content (AvgIpc) is 2.95. The summed E-state index contributed by atoms with van der Waals surface area (Å²) >= 11 is 6.61. The van der Waals surface area contributed by atoms with E-state index in [1.165, 1.54) is 12.3 Å². The number of nitrogens with one attached hydrogen (secondary N) is 1. The third kappa shape index (κ3) is 3.74. The van der Waals surface area contributed by atoms with E-state index in [-0.39, 0.29) is 20.3 Å². The van der Waals surface area contributed by atoms with Crippen LogP contribution in [-0.2, 0) is 10.0 Å². The van der Waals surface area contributed by atoms with Crippen molar-refractivity contribution in [1.29, 1.82) is 0 Å². The lowest BCUT2D eigenvalue weighted by Crippen LogP contribution is -2.39. The molecule has 0 bridgehead atoms. The average molecular weight is 346 g/mol. The summed E-state index contributed by atoms with van der Waals surface area (Å²) in [5.41, 5.74) is 5.70. The maximum absolute atomic E-state index is 12.5. The molecule has 0 aliphatic heterocycles. The molecule has 1 aromatic rings. The highest BCUT2D eigenvalue weighted by Gasteiger charge is 2.34. The van der Waals surface area contributed by atoms with Gasteiger partial charge in [0, 0.05) is 17.5 Å². The summed E-state index contributed by atoms with van der Waals surface area (Å²) in [7, 11) is -3.66. The number of nitrogens with zero attached hydrogens (tertiary/aromatic N) is 1. The second-order valence-corrected chi connectivity index (χ2v) is 8.58. The van der Waals surface area contributed by atoms with Gasteiger partial charge in [0.25, 0.3) is 0 Å². The molecule has 3 N–H and O–H groups in total. The Kier molecular flexibility index (Phi) is 5.24. The third-order valence-corrected chi connectivity index (χ3v) is 6.87. The zero-order valence-corrected chi connectivity index (χ0v) is 14.3. The summed E-state index contributed by atoms with van der Waals surface area (Å²) in [5.74, 6) is 0. The number of thiocarbonyl (C=S) groups is 1. The van der Waals surface area contributed by atoms with Crippen molar-refractivity contribution in [3.05, 3.63) is 24.0 Å². The van der Waals surface area contributed by atoms with Crippen molar-refractivity contribution in [1.82, 2.24) is 9.71 Å². The molecule has 8 heteroatoms. The van der Waals surface area contributed by atoms with Gasteiger partial charge in [-0.25, -0.2) is 13.1 Å². The molecule has 0 amide bonds. The summed E-state index contributed by atoms with van der Waals surface area (Å²) in [6, 6.07) is 3.04. The van der Waals surface area contributed by atoms with Gasteiger partial charge in [0.15, 0.2) is 0 Å². The molecule has 0 spiro atoms. The van der Waals surface area contributed by atoms with Crippen molar-refractivity contribution in [2.75, 3.05) is 12.8 Å². The van der Waals surface area contributed by atoms with Gasteiger partial charge < -0.3 is 5.73 Å². The van der Waals surface area contributed by atoms with E-state index < -0.39 is 10.0 Å². The molecule has 21 heavy (non-hydrogen) atoms. The minimum absolute atomic E-state index is 0.00132. The first-order chi connectivity index (χ1) is 9.90. The van der Waals surface area contributed by atoms with Gasteiger partial charge in [0.05, 0.1) is 0 Å². The van der Waals surface area contributed by atoms with Crippen molar-refractivity contribution in [3.8, 4) is 0 Å². The summed E-state index contributed by atoms with van der Waals surface area (Å²) in [6.07, 6.45) is 7.87. The molecule has 1 aliphatic carbocycles. The molecule has 116 valence electrons. The van der Waals surface area contributed by atoms with Crippen LogP contribution in [-0.4, -0.2) is 35.9 Å². The second kappa shape index (κ2) is 6.60. The van der Waals surface area contributed by atoms with Crippen LogP contribution in [0.3, 0.4) is 0 Å². The molecule has 0 aromatic carbocycles. The molecular weight excluding hydrogens is 326 g/mol. The highest BCUT2D eigenvalue weighted by atomic mass is 32.2. The topological polar surface area (TPSA) is 85.1 Å². The molecule has 0 radical (unpaired) electrons. The van der Waals surface area contributed by atoms with Crippen LogP contribution in [0.15, 0.2) is 23.2 Å². The lowest BCUT2D eigenvalue weighted by atomic mass is 10.1. The highest BCUT2D eigenvalue weighted by Crippen LogP contribution is 2.39. The fourth-order valence-electron chi connectivity index (χ4n) is 2.57. The number of thioether (sulfide) groups is 1. The van der Waals surface area contributed by atoms with Crippen LogP contribution in [0, 0.1) is 0 Å². The smallest absolute Gasteiger partial charge is 0.242 e. The predicted molar refractivity (Wildman–Crippen MR) is 90.0 cm³/mol. The standard InChI is InChI=1S/C13H19N3O2S3/c1-20-13(6-2-3-7-13)9-16-21(17,18)10-5-4-8-15-11(10)12(14)19/h4-5,8,16H,2-3,6-7,9H2,1H3,(H2,14,19). The zero-order valence-electron chi connectivity index (χ0n) is 11.8. The SMILES string of the molecule is CSC1(CNS(=O)(=O)c2cccnc2C(N)=S)CCCC1. The van der Waals surface area contributed by atoms with E-state index in [9.17, 15) is 8.42 Å². The lowest BCUT2D eigenvalue weighted by Gasteiger charge is -2.26. The molecule has 0 atom stereocenters. The zero-order chi connectivity index (χ0) is 15.5. The van der Waals surface area contributed by atoms with Gasteiger partial charge in [-0.1, -0.05) is 25.1 Å². The second-order valence-electron chi connectivity index (χ2n) is 5.13. The Bertz CT molecular complexity index is 625. The first-order valence-corrected chi connectivity index (χ1v) is 9.81. The van der Waals surface area contributed by atoms with E-state index in [1.807, 2.05) is 6.26 Å². The maximum Gasteiger partial charge on any atom is 0.242 e. The van der Waals surface area contributed by atoms with E-state index in [1.54, 1.807) is 17.8 Å². The Morgan fingerprint density at radius 2 is 2.19 bits per heavy atom.